The summed E-state index contributed by atoms with van der Waals surface area (Å²) < 4.78 is 11.3. The number of Topliss-reactive ketones (excluding diaryl/α,β-unsaturated/α-hetero) is 1. The largest absolute Gasteiger partial charge is 0.460 e. The van der Waals surface area contributed by atoms with Gasteiger partial charge in [-0.1, -0.05) is 33.6 Å². The maximum absolute atomic E-state index is 12.9. The Hall–Kier alpha value is -1.42. The predicted molar refractivity (Wildman–Crippen MR) is 106 cm³/mol. The number of aliphatic hydroxyl groups is 2. The van der Waals surface area contributed by atoms with Gasteiger partial charge in [0.15, 0.2) is 0 Å². The van der Waals surface area contributed by atoms with Gasteiger partial charge in [-0.3, -0.25) is 9.59 Å². The summed E-state index contributed by atoms with van der Waals surface area (Å²) in [5.41, 5.74) is -0.634. The number of rotatable bonds is 2. The van der Waals surface area contributed by atoms with Gasteiger partial charge in [-0.25, -0.2) is 0 Å². The van der Waals surface area contributed by atoms with E-state index in [4.69, 9.17) is 15.9 Å². The van der Waals surface area contributed by atoms with Crippen molar-refractivity contribution in [2.45, 2.75) is 84.7 Å². The number of carbonyl (C=O) groups is 2. The Morgan fingerprint density at radius 1 is 1.11 bits per heavy atom. The van der Waals surface area contributed by atoms with E-state index in [1.165, 1.54) is 6.92 Å². The van der Waals surface area contributed by atoms with E-state index in [0.717, 1.165) is 0 Å². The lowest BCUT2D eigenvalue weighted by molar-refractivity contribution is -0.166. The standard InChI is InChI=1S/C22H36O6/c1-8-9-27-22(7)11-13(2)10-14(3)21(26)28-17(6)20(25)19(24)16(5)18(23)15(4)12-22/h1,13-17,19-20,24-25H,9-12H2,2-7H3/t13-,14?,15+,16?,17+,19?,20?,22-/m0/s1. The molecule has 2 N–H and O–H groups in total. The summed E-state index contributed by atoms with van der Waals surface area (Å²) in [6.45, 7) is 10.8. The van der Waals surface area contributed by atoms with Crippen molar-refractivity contribution in [1.82, 2.24) is 0 Å². The Kier molecular flexibility index (Phi) is 9.13. The molecule has 0 spiro atoms. The van der Waals surface area contributed by atoms with Crippen molar-refractivity contribution in [3.05, 3.63) is 0 Å². The topological polar surface area (TPSA) is 93.1 Å². The van der Waals surface area contributed by atoms with Crippen LogP contribution in [0.3, 0.4) is 0 Å². The van der Waals surface area contributed by atoms with Crippen molar-refractivity contribution < 1.29 is 29.3 Å². The van der Waals surface area contributed by atoms with Crippen molar-refractivity contribution in [2.75, 3.05) is 6.61 Å². The average molecular weight is 397 g/mol. The van der Waals surface area contributed by atoms with Crippen LogP contribution in [0.4, 0.5) is 0 Å². The summed E-state index contributed by atoms with van der Waals surface area (Å²) in [4.78, 5) is 25.2. The molecule has 1 saturated heterocycles. The van der Waals surface area contributed by atoms with E-state index in [9.17, 15) is 19.8 Å². The second-order valence-corrected chi connectivity index (χ2v) is 8.81. The molecule has 1 heterocycles. The molecule has 8 atom stereocenters. The van der Waals surface area contributed by atoms with Crippen LogP contribution in [0.5, 0.6) is 0 Å². The Balaban J connectivity index is 3.18. The van der Waals surface area contributed by atoms with Crippen LogP contribution in [0, 0.1) is 36.0 Å². The van der Waals surface area contributed by atoms with Crippen LogP contribution in [-0.4, -0.2) is 52.5 Å². The lowest BCUT2D eigenvalue weighted by atomic mass is 9.78. The number of aliphatic hydroxyl groups excluding tert-OH is 2. The Labute approximate surface area is 169 Å². The van der Waals surface area contributed by atoms with Gasteiger partial charge in [0.2, 0.25) is 0 Å². The highest BCUT2D eigenvalue weighted by atomic mass is 16.6. The first-order valence-electron chi connectivity index (χ1n) is 10.1. The second-order valence-electron chi connectivity index (χ2n) is 8.81. The zero-order chi connectivity index (χ0) is 21.6. The number of hydrogen-bond donors (Lipinski definition) is 2. The minimum atomic E-state index is -1.34. The zero-order valence-corrected chi connectivity index (χ0v) is 18.0. The van der Waals surface area contributed by atoms with E-state index in [1.54, 1.807) is 20.8 Å². The van der Waals surface area contributed by atoms with E-state index < -0.39 is 35.8 Å². The van der Waals surface area contributed by atoms with Crippen LogP contribution in [0.25, 0.3) is 0 Å². The molecule has 160 valence electrons. The van der Waals surface area contributed by atoms with Crippen LogP contribution in [0.1, 0.15) is 60.8 Å². The fourth-order valence-corrected chi connectivity index (χ4v) is 4.25. The van der Waals surface area contributed by atoms with E-state index in [-0.39, 0.29) is 30.1 Å². The van der Waals surface area contributed by atoms with Crippen LogP contribution >= 0.6 is 0 Å². The van der Waals surface area contributed by atoms with Crippen LogP contribution < -0.4 is 0 Å². The minimum absolute atomic E-state index is 0.135. The Morgan fingerprint density at radius 3 is 2.29 bits per heavy atom. The number of esters is 1. The summed E-state index contributed by atoms with van der Waals surface area (Å²) in [6, 6.07) is 0. The number of hydrogen-bond acceptors (Lipinski definition) is 6. The Morgan fingerprint density at radius 2 is 1.71 bits per heavy atom. The highest BCUT2D eigenvalue weighted by Gasteiger charge is 2.39. The molecule has 0 bridgehead atoms. The molecule has 28 heavy (non-hydrogen) atoms. The molecule has 6 nitrogen and oxygen atoms in total. The van der Waals surface area contributed by atoms with Gasteiger partial charge >= 0.3 is 5.97 Å². The number of carbonyl (C=O) groups excluding carboxylic acids is 2. The highest BCUT2D eigenvalue weighted by molar-refractivity contribution is 5.83. The van der Waals surface area contributed by atoms with Gasteiger partial charge in [0, 0.05) is 11.8 Å². The molecule has 1 fully saturated rings. The van der Waals surface area contributed by atoms with Crippen molar-refractivity contribution in [3.8, 4) is 12.3 Å². The number of cyclic esters (lactones) is 1. The third-order valence-electron chi connectivity index (χ3n) is 5.76. The average Bonchev–Trinajstić information content (AvgIpc) is 2.62. The van der Waals surface area contributed by atoms with Gasteiger partial charge in [-0.2, -0.15) is 0 Å². The maximum atomic E-state index is 12.9. The molecule has 1 rings (SSSR count). The van der Waals surface area contributed by atoms with Gasteiger partial charge in [0.1, 0.15) is 24.6 Å². The third-order valence-corrected chi connectivity index (χ3v) is 5.76. The lowest BCUT2D eigenvalue weighted by Gasteiger charge is -2.36. The molecule has 1 aliphatic heterocycles. The van der Waals surface area contributed by atoms with Crippen LogP contribution in [0.15, 0.2) is 0 Å². The molecule has 0 aromatic carbocycles. The van der Waals surface area contributed by atoms with Crippen molar-refractivity contribution >= 4 is 11.8 Å². The summed E-state index contributed by atoms with van der Waals surface area (Å²) >= 11 is 0. The minimum Gasteiger partial charge on any atom is -0.460 e. The lowest BCUT2D eigenvalue weighted by Crippen LogP contribution is -2.46. The summed E-state index contributed by atoms with van der Waals surface area (Å²) in [5.74, 6) is 0.462. The molecule has 0 radical (unpaired) electrons. The first kappa shape index (κ1) is 24.6. The molecule has 6 heteroatoms. The molecular formula is C22H36O6. The molecular weight excluding hydrogens is 360 g/mol. The van der Waals surface area contributed by atoms with E-state index in [0.29, 0.717) is 19.3 Å². The van der Waals surface area contributed by atoms with Crippen LogP contribution in [0.2, 0.25) is 0 Å². The molecule has 0 saturated carbocycles. The highest BCUT2D eigenvalue weighted by Crippen LogP contribution is 2.33. The smallest absolute Gasteiger partial charge is 0.309 e. The third kappa shape index (κ3) is 6.58. The fraction of sp³-hybridized carbons (Fsp3) is 0.818. The SMILES string of the molecule is C#CCO[C@@]1(C)C[C@@H](C)CC(C)C(=O)O[C@H](C)C(O)C(O)C(C)C(=O)[C@H](C)C1. The summed E-state index contributed by atoms with van der Waals surface area (Å²) in [5, 5.41) is 20.8. The van der Waals surface area contributed by atoms with Crippen LogP contribution in [-0.2, 0) is 19.1 Å². The predicted octanol–water partition coefficient (Wildman–Crippen LogP) is 2.35. The number of terminal acetylenes is 1. The molecule has 0 aromatic heterocycles. The summed E-state index contributed by atoms with van der Waals surface area (Å²) in [7, 11) is 0. The van der Waals surface area contributed by atoms with E-state index in [2.05, 4.69) is 5.92 Å². The quantitative estimate of drug-likeness (QED) is 0.550. The molecule has 1 aliphatic rings. The fourth-order valence-electron chi connectivity index (χ4n) is 4.25. The first-order valence-corrected chi connectivity index (χ1v) is 10.1. The van der Waals surface area contributed by atoms with E-state index in [1.807, 2.05) is 13.8 Å². The number of ether oxygens (including phenoxy) is 2. The Bertz CT molecular complexity index is 582. The monoisotopic (exact) mass is 396 g/mol. The van der Waals surface area contributed by atoms with Gasteiger partial charge in [0.05, 0.1) is 17.6 Å². The molecule has 0 aliphatic carbocycles. The van der Waals surface area contributed by atoms with E-state index >= 15 is 0 Å². The van der Waals surface area contributed by atoms with Crippen molar-refractivity contribution in [1.29, 1.82) is 0 Å². The van der Waals surface area contributed by atoms with Gasteiger partial charge in [-0.15, -0.1) is 6.42 Å². The summed E-state index contributed by atoms with van der Waals surface area (Å²) in [6.07, 6.45) is 3.45. The van der Waals surface area contributed by atoms with Gasteiger partial charge in [-0.05, 0) is 39.0 Å². The molecule has 0 amide bonds. The molecule has 0 aromatic rings. The van der Waals surface area contributed by atoms with Gasteiger partial charge < -0.3 is 19.7 Å². The zero-order valence-electron chi connectivity index (χ0n) is 18.0. The maximum Gasteiger partial charge on any atom is 0.309 e. The van der Waals surface area contributed by atoms with Crippen molar-refractivity contribution in [2.24, 2.45) is 23.7 Å². The first-order chi connectivity index (χ1) is 12.9. The second kappa shape index (κ2) is 10.4. The number of ketones is 1. The molecule has 4 unspecified atom stereocenters. The normalized spacial score (nSPS) is 41.6. The van der Waals surface area contributed by atoms with Gasteiger partial charge in [0.25, 0.3) is 0 Å². The van der Waals surface area contributed by atoms with Crippen molar-refractivity contribution in [3.63, 3.8) is 0 Å².